The third-order valence-corrected chi connectivity index (χ3v) is 1.80. The Morgan fingerprint density at radius 3 is 2.43 bits per heavy atom. The standard InChI is InChI=1S/C11H19N3/c1-6-13-8-10(7-12)11(4,5)14-9(2)3/h6,8-9,14H,1-5H3/b10-8-,13-6?. The van der Waals surface area contributed by atoms with Crippen LogP contribution in [-0.2, 0) is 0 Å². The van der Waals surface area contributed by atoms with E-state index in [0.717, 1.165) is 0 Å². The fourth-order valence-electron chi connectivity index (χ4n) is 1.28. The molecule has 3 nitrogen and oxygen atoms in total. The first-order valence-corrected chi connectivity index (χ1v) is 4.80. The summed E-state index contributed by atoms with van der Waals surface area (Å²) in [5.41, 5.74) is 0.319. The number of aliphatic imine (C=N–C) groups is 1. The van der Waals surface area contributed by atoms with Crippen molar-refractivity contribution in [2.75, 3.05) is 0 Å². The van der Waals surface area contributed by atoms with Crippen LogP contribution in [0, 0.1) is 11.3 Å². The van der Waals surface area contributed by atoms with Crippen molar-refractivity contribution in [2.45, 2.75) is 46.2 Å². The molecule has 0 aliphatic carbocycles. The normalized spacial score (nSPS) is 13.6. The molecule has 0 bridgehead atoms. The fraction of sp³-hybridized carbons (Fsp3) is 0.636. The molecule has 0 aromatic carbocycles. The van der Waals surface area contributed by atoms with E-state index in [1.165, 1.54) is 0 Å². The van der Waals surface area contributed by atoms with Crippen LogP contribution in [0.5, 0.6) is 0 Å². The zero-order valence-electron chi connectivity index (χ0n) is 9.63. The van der Waals surface area contributed by atoms with Gasteiger partial charge in [0, 0.05) is 24.0 Å². The molecule has 0 unspecified atom stereocenters. The Bertz CT molecular complexity index is 267. The van der Waals surface area contributed by atoms with Crippen molar-refractivity contribution < 1.29 is 0 Å². The second-order valence-corrected chi connectivity index (χ2v) is 3.99. The lowest BCUT2D eigenvalue weighted by Gasteiger charge is -2.27. The van der Waals surface area contributed by atoms with E-state index in [4.69, 9.17) is 5.26 Å². The second kappa shape index (κ2) is 5.56. The molecule has 0 aromatic rings. The van der Waals surface area contributed by atoms with Crippen molar-refractivity contribution in [3.05, 3.63) is 11.8 Å². The van der Waals surface area contributed by atoms with E-state index in [-0.39, 0.29) is 5.54 Å². The minimum atomic E-state index is -0.324. The predicted molar refractivity (Wildman–Crippen MR) is 60.2 cm³/mol. The van der Waals surface area contributed by atoms with Gasteiger partial charge in [0.2, 0.25) is 0 Å². The molecular formula is C11H19N3. The van der Waals surface area contributed by atoms with Gasteiger partial charge in [-0.1, -0.05) is 13.8 Å². The number of nitriles is 1. The molecule has 78 valence electrons. The molecule has 14 heavy (non-hydrogen) atoms. The van der Waals surface area contributed by atoms with Crippen LogP contribution in [-0.4, -0.2) is 17.8 Å². The van der Waals surface area contributed by atoms with Gasteiger partial charge in [0.25, 0.3) is 0 Å². The molecule has 0 heterocycles. The molecule has 0 amide bonds. The van der Waals surface area contributed by atoms with Crippen LogP contribution in [0.25, 0.3) is 0 Å². The first-order chi connectivity index (χ1) is 6.44. The summed E-state index contributed by atoms with van der Waals surface area (Å²) >= 11 is 0. The summed E-state index contributed by atoms with van der Waals surface area (Å²) in [6.45, 7) is 9.90. The third kappa shape index (κ3) is 4.20. The Labute approximate surface area is 86.5 Å². The highest BCUT2D eigenvalue weighted by Gasteiger charge is 2.23. The summed E-state index contributed by atoms with van der Waals surface area (Å²) in [7, 11) is 0. The molecule has 0 aliphatic rings. The van der Waals surface area contributed by atoms with E-state index in [0.29, 0.717) is 11.6 Å². The van der Waals surface area contributed by atoms with E-state index in [9.17, 15) is 0 Å². The summed E-state index contributed by atoms with van der Waals surface area (Å²) in [6.07, 6.45) is 3.28. The van der Waals surface area contributed by atoms with Crippen molar-refractivity contribution in [3.63, 3.8) is 0 Å². The summed E-state index contributed by atoms with van der Waals surface area (Å²) in [5.74, 6) is 0. The number of nitrogens with one attached hydrogen (secondary N) is 1. The second-order valence-electron chi connectivity index (χ2n) is 3.99. The minimum Gasteiger partial charge on any atom is -0.305 e. The minimum absolute atomic E-state index is 0.324. The average Bonchev–Trinajstić information content (AvgIpc) is 2.02. The Balaban J connectivity index is 4.76. The van der Waals surface area contributed by atoms with Crippen LogP contribution in [0.15, 0.2) is 16.8 Å². The number of hydrogen-bond acceptors (Lipinski definition) is 3. The number of nitrogens with zero attached hydrogens (tertiary/aromatic N) is 2. The van der Waals surface area contributed by atoms with Crippen molar-refractivity contribution in [1.29, 1.82) is 5.26 Å². The highest BCUT2D eigenvalue weighted by molar-refractivity contribution is 5.54. The van der Waals surface area contributed by atoms with E-state index >= 15 is 0 Å². The van der Waals surface area contributed by atoms with Crippen LogP contribution in [0.2, 0.25) is 0 Å². The van der Waals surface area contributed by atoms with Gasteiger partial charge in [0.1, 0.15) is 0 Å². The predicted octanol–water partition coefficient (Wildman–Crippen LogP) is 2.26. The maximum absolute atomic E-state index is 8.97. The molecule has 3 heteroatoms. The van der Waals surface area contributed by atoms with E-state index < -0.39 is 0 Å². The van der Waals surface area contributed by atoms with Crippen molar-refractivity contribution in [2.24, 2.45) is 4.99 Å². The monoisotopic (exact) mass is 193 g/mol. The molecule has 0 atom stereocenters. The molecule has 0 spiro atoms. The molecule has 0 radical (unpaired) electrons. The summed E-state index contributed by atoms with van der Waals surface area (Å²) < 4.78 is 0. The lowest BCUT2D eigenvalue weighted by Crippen LogP contribution is -2.44. The maximum atomic E-state index is 8.97. The van der Waals surface area contributed by atoms with Crippen molar-refractivity contribution >= 4 is 6.21 Å². The average molecular weight is 193 g/mol. The molecule has 0 aromatic heterocycles. The van der Waals surface area contributed by atoms with Crippen LogP contribution in [0.4, 0.5) is 0 Å². The van der Waals surface area contributed by atoms with Crippen LogP contribution in [0.1, 0.15) is 34.6 Å². The van der Waals surface area contributed by atoms with E-state index in [1.54, 1.807) is 12.4 Å². The van der Waals surface area contributed by atoms with Crippen LogP contribution in [0.3, 0.4) is 0 Å². The van der Waals surface area contributed by atoms with Gasteiger partial charge in [-0.15, -0.1) is 0 Å². The van der Waals surface area contributed by atoms with Crippen LogP contribution >= 0.6 is 0 Å². The van der Waals surface area contributed by atoms with E-state index in [1.807, 2.05) is 20.8 Å². The zero-order valence-corrected chi connectivity index (χ0v) is 9.63. The third-order valence-electron chi connectivity index (χ3n) is 1.80. The molecule has 0 saturated carbocycles. The fourth-order valence-corrected chi connectivity index (χ4v) is 1.28. The van der Waals surface area contributed by atoms with Crippen molar-refractivity contribution in [3.8, 4) is 6.07 Å². The highest BCUT2D eigenvalue weighted by Crippen LogP contribution is 2.15. The highest BCUT2D eigenvalue weighted by atomic mass is 15.0. The molecule has 0 rings (SSSR count). The van der Waals surface area contributed by atoms with Gasteiger partial charge in [-0.25, -0.2) is 0 Å². The quantitative estimate of drug-likeness (QED) is 0.550. The first-order valence-electron chi connectivity index (χ1n) is 4.80. The largest absolute Gasteiger partial charge is 0.305 e. The lowest BCUT2D eigenvalue weighted by atomic mass is 9.95. The molecule has 1 N–H and O–H groups in total. The Morgan fingerprint density at radius 1 is 1.50 bits per heavy atom. The summed E-state index contributed by atoms with van der Waals surface area (Å²) in [6, 6.07) is 2.51. The van der Waals surface area contributed by atoms with Gasteiger partial charge in [-0.05, 0) is 20.8 Å². The number of hydrogen-bond donors (Lipinski definition) is 1. The Kier molecular flexibility index (Phi) is 5.11. The van der Waals surface area contributed by atoms with Gasteiger partial charge >= 0.3 is 0 Å². The molecule has 0 saturated heterocycles. The maximum Gasteiger partial charge on any atom is 0.0982 e. The molecule has 0 fully saturated rings. The van der Waals surface area contributed by atoms with Gasteiger partial charge in [0.15, 0.2) is 0 Å². The lowest BCUT2D eigenvalue weighted by molar-refractivity contribution is 0.415. The van der Waals surface area contributed by atoms with Gasteiger partial charge < -0.3 is 5.32 Å². The molecule has 0 aliphatic heterocycles. The first kappa shape index (κ1) is 12.9. The van der Waals surface area contributed by atoms with Crippen molar-refractivity contribution in [1.82, 2.24) is 5.32 Å². The number of rotatable bonds is 4. The Hall–Kier alpha value is -1.14. The van der Waals surface area contributed by atoms with Crippen LogP contribution < -0.4 is 5.32 Å². The Morgan fingerprint density at radius 2 is 2.07 bits per heavy atom. The smallest absolute Gasteiger partial charge is 0.0982 e. The zero-order chi connectivity index (χ0) is 11.2. The topological polar surface area (TPSA) is 48.2 Å². The summed E-state index contributed by atoms with van der Waals surface area (Å²) in [4.78, 5) is 3.97. The molecular weight excluding hydrogens is 174 g/mol. The summed E-state index contributed by atoms with van der Waals surface area (Å²) in [5, 5.41) is 12.3. The van der Waals surface area contributed by atoms with Gasteiger partial charge in [-0.3, -0.25) is 4.99 Å². The SMILES string of the molecule is CC=N/C=C(/C#N)C(C)(C)NC(C)C. The van der Waals surface area contributed by atoms with E-state index in [2.05, 4.69) is 30.2 Å². The van der Waals surface area contributed by atoms with Gasteiger partial charge in [0.05, 0.1) is 11.6 Å². The van der Waals surface area contributed by atoms with Gasteiger partial charge in [-0.2, -0.15) is 5.26 Å².